The predicted molar refractivity (Wildman–Crippen MR) is 113 cm³/mol. The van der Waals surface area contributed by atoms with Gasteiger partial charge in [-0.1, -0.05) is 23.5 Å². The molecule has 0 radical (unpaired) electrons. The molecule has 7 nitrogen and oxygen atoms in total. The number of hydrogen-bond donors (Lipinski definition) is 1. The van der Waals surface area contributed by atoms with Crippen molar-refractivity contribution in [2.24, 2.45) is 5.92 Å². The van der Waals surface area contributed by atoms with Gasteiger partial charge in [0.15, 0.2) is 5.13 Å². The van der Waals surface area contributed by atoms with Gasteiger partial charge in [-0.15, -0.1) is 0 Å². The molecule has 1 aliphatic heterocycles. The summed E-state index contributed by atoms with van der Waals surface area (Å²) in [7, 11) is 3.11. The average Bonchev–Trinajstić information content (AvgIpc) is 3.31. The Morgan fingerprint density at radius 3 is 2.79 bits per heavy atom. The van der Waals surface area contributed by atoms with Gasteiger partial charge in [-0.25, -0.2) is 4.98 Å². The Kier molecular flexibility index (Phi) is 5.10. The molecule has 8 heteroatoms. The summed E-state index contributed by atoms with van der Waals surface area (Å²) in [5.41, 5.74) is 2.58. The highest BCUT2D eigenvalue weighted by Crippen LogP contribution is 2.36. The molecule has 2 amide bonds. The van der Waals surface area contributed by atoms with E-state index in [1.165, 1.54) is 18.4 Å². The van der Waals surface area contributed by atoms with E-state index < -0.39 is 5.92 Å². The molecule has 1 atom stereocenters. The average molecular weight is 411 g/mol. The van der Waals surface area contributed by atoms with E-state index in [0.717, 1.165) is 15.8 Å². The number of aryl methyl sites for hydroxylation is 1. The quantitative estimate of drug-likeness (QED) is 0.694. The minimum Gasteiger partial charge on any atom is -0.497 e. The van der Waals surface area contributed by atoms with E-state index in [2.05, 4.69) is 10.3 Å². The number of carbonyl (C=O) groups is 2. The molecule has 1 fully saturated rings. The SMILES string of the molecule is COc1ccc(N2C[C@H](C(=O)Nc3nc4c(C)cccc4s3)CC2=O)c(OC)c1. The zero-order valence-electron chi connectivity index (χ0n) is 16.4. The Bertz CT molecular complexity index is 1090. The summed E-state index contributed by atoms with van der Waals surface area (Å²) in [6, 6.07) is 11.2. The summed E-state index contributed by atoms with van der Waals surface area (Å²) >= 11 is 1.43. The number of nitrogens with zero attached hydrogens (tertiary/aromatic N) is 2. The van der Waals surface area contributed by atoms with Crippen LogP contribution in [0.2, 0.25) is 0 Å². The molecule has 1 aliphatic rings. The molecule has 1 N–H and O–H groups in total. The van der Waals surface area contributed by atoms with E-state index in [1.54, 1.807) is 30.2 Å². The summed E-state index contributed by atoms with van der Waals surface area (Å²) < 4.78 is 11.6. The van der Waals surface area contributed by atoms with Gasteiger partial charge in [0.2, 0.25) is 11.8 Å². The van der Waals surface area contributed by atoms with E-state index in [0.29, 0.717) is 22.3 Å². The summed E-state index contributed by atoms with van der Waals surface area (Å²) in [6.07, 6.45) is 0.144. The molecule has 1 aromatic heterocycles. The summed E-state index contributed by atoms with van der Waals surface area (Å²) in [5, 5.41) is 3.43. The van der Waals surface area contributed by atoms with Crippen LogP contribution in [0.25, 0.3) is 10.2 Å². The monoisotopic (exact) mass is 411 g/mol. The van der Waals surface area contributed by atoms with Gasteiger partial charge in [0.1, 0.15) is 11.5 Å². The van der Waals surface area contributed by atoms with Gasteiger partial charge < -0.3 is 19.7 Å². The van der Waals surface area contributed by atoms with Gasteiger partial charge in [-0.3, -0.25) is 9.59 Å². The van der Waals surface area contributed by atoms with Crippen LogP contribution in [0.4, 0.5) is 10.8 Å². The summed E-state index contributed by atoms with van der Waals surface area (Å²) in [4.78, 5) is 31.5. The van der Waals surface area contributed by atoms with Gasteiger partial charge in [-0.2, -0.15) is 0 Å². The van der Waals surface area contributed by atoms with Crippen molar-refractivity contribution in [1.82, 2.24) is 4.98 Å². The first kappa shape index (κ1) is 19.2. The third-order valence-electron chi connectivity index (χ3n) is 5.02. The molecular formula is C21H21N3O4S. The van der Waals surface area contributed by atoms with Crippen LogP contribution in [0.5, 0.6) is 11.5 Å². The van der Waals surface area contributed by atoms with Crippen molar-refractivity contribution in [3.05, 3.63) is 42.0 Å². The lowest BCUT2D eigenvalue weighted by Gasteiger charge is -2.20. The Balaban J connectivity index is 1.51. The number of hydrogen-bond acceptors (Lipinski definition) is 6. The Morgan fingerprint density at radius 2 is 2.07 bits per heavy atom. The highest BCUT2D eigenvalue weighted by Gasteiger charge is 2.36. The minimum atomic E-state index is -0.456. The van der Waals surface area contributed by atoms with Crippen molar-refractivity contribution in [3.8, 4) is 11.5 Å². The third-order valence-corrected chi connectivity index (χ3v) is 5.96. The standard InChI is InChI=1S/C21H21N3O4S/c1-12-5-4-6-17-19(12)22-21(29-17)23-20(26)13-9-18(25)24(11-13)15-8-7-14(27-2)10-16(15)28-3/h4-8,10,13H,9,11H2,1-3H3,(H,22,23,26)/t13-/m1/s1. The number of thiazole rings is 1. The van der Waals surface area contributed by atoms with Crippen LogP contribution in [-0.4, -0.2) is 37.6 Å². The van der Waals surface area contributed by atoms with E-state index in [-0.39, 0.29) is 24.8 Å². The second kappa shape index (κ2) is 7.71. The lowest BCUT2D eigenvalue weighted by molar-refractivity contribution is -0.122. The minimum absolute atomic E-state index is 0.117. The maximum absolute atomic E-state index is 12.8. The number of ether oxygens (including phenoxy) is 2. The molecule has 0 saturated carbocycles. The highest BCUT2D eigenvalue weighted by atomic mass is 32.1. The van der Waals surface area contributed by atoms with Gasteiger partial charge in [0.25, 0.3) is 0 Å². The first-order chi connectivity index (χ1) is 14.0. The fourth-order valence-electron chi connectivity index (χ4n) is 3.47. The van der Waals surface area contributed by atoms with E-state index in [9.17, 15) is 9.59 Å². The largest absolute Gasteiger partial charge is 0.497 e. The number of para-hydroxylation sites is 1. The number of carbonyl (C=O) groups excluding carboxylic acids is 2. The number of fused-ring (bicyclic) bond motifs is 1. The van der Waals surface area contributed by atoms with Crippen molar-refractivity contribution in [1.29, 1.82) is 0 Å². The smallest absolute Gasteiger partial charge is 0.231 e. The molecular weight excluding hydrogens is 390 g/mol. The lowest BCUT2D eigenvalue weighted by Crippen LogP contribution is -2.28. The van der Waals surface area contributed by atoms with Crippen molar-refractivity contribution >= 4 is 44.2 Å². The van der Waals surface area contributed by atoms with Crippen LogP contribution < -0.4 is 19.7 Å². The molecule has 2 heterocycles. The number of methoxy groups -OCH3 is 2. The molecule has 0 unspecified atom stereocenters. The molecule has 1 saturated heterocycles. The van der Waals surface area contributed by atoms with Crippen LogP contribution in [0.3, 0.4) is 0 Å². The second-order valence-corrected chi connectivity index (χ2v) is 7.90. The molecule has 150 valence electrons. The van der Waals surface area contributed by atoms with Crippen LogP contribution >= 0.6 is 11.3 Å². The Labute approximate surface area is 172 Å². The lowest BCUT2D eigenvalue weighted by atomic mass is 10.1. The molecule has 3 aromatic rings. The first-order valence-electron chi connectivity index (χ1n) is 9.19. The zero-order valence-corrected chi connectivity index (χ0v) is 17.2. The second-order valence-electron chi connectivity index (χ2n) is 6.87. The van der Waals surface area contributed by atoms with Crippen molar-refractivity contribution in [2.75, 3.05) is 31.0 Å². The number of benzene rings is 2. The van der Waals surface area contributed by atoms with Crippen LogP contribution in [0, 0.1) is 12.8 Å². The summed E-state index contributed by atoms with van der Waals surface area (Å²) in [6.45, 7) is 2.28. The Hall–Kier alpha value is -3.13. The van der Waals surface area contributed by atoms with Crippen LogP contribution in [0.15, 0.2) is 36.4 Å². The topological polar surface area (TPSA) is 80.8 Å². The normalized spacial score (nSPS) is 16.3. The number of anilines is 2. The molecule has 0 bridgehead atoms. The van der Waals surface area contributed by atoms with Crippen LogP contribution in [0.1, 0.15) is 12.0 Å². The first-order valence-corrected chi connectivity index (χ1v) is 10.0. The number of rotatable bonds is 5. The maximum Gasteiger partial charge on any atom is 0.231 e. The van der Waals surface area contributed by atoms with E-state index in [4.69, 9.17) is 9.47 Å². The van der Waals surface area contributed by atoms with Crippen LogP contribution in [-0.2, 0) is 9.59 Å². The fraction of sp³-hybridized carbons (Fsp3) is 0.286. The third kappa shape index (κ3) is 3.63. The molecule has 4 rings (SSSR count). The van der Waals surface area contributed by atoms with Gasteiger partial charge in [0.05, 0.1) is 36.0 Å². The highest BCUT2D eigenvalue weighted by molar-refractivity contribution is 7.22. The fourth-order valence-corrected chi connectivity index (χ4v) is 4.42. The maximum atomic E-state index is 12.8. The molecule has 0 spiro atoms. The van der Waals surface area contributed by atoms with Crippen molar-refractivity contribution < 1.29 is 19.1 Å². The number of aromatic nitrogens is 1. The number of amides is 2. The number of nitrogens with one attached hydrogen (secondary N) is 1. The van der Waals surface area contributed by atoms with Gasteiger partial charge in [-0.05, 0) is 30.7 Å². The predicted octanol–water partition coefficient (Wildman–Crippen LogP) is 3.61. The van der Waals surface area contributed by atoms with E-state index in [1.807, 2.05) is 25.1 Å². The van der Waals surface area contributed by atoms with E-state index >= 15 is 0 Å². The molecule has 2 aromatic carbocycles. The van der Waals surface area contributed by atoms with Gasteiger partial charge >= 0.3 is 0 Å². The molecule has 0 aliphatic carbocycles. The van der Waals surface area contributed by atoms with Gasteiger partial charge in [0, 0.05) is 19.0 Å². The molecule has 29 heavy (non-hydrogen) atoms. The van der Waals surface area contributed by atoms with Crippen molar-refractivity contribution in [2.45, 2.75) is 13.3 Å². The van der Waals surface area contributed by atoms with Crippen molar-refractivity contribution in [3.63, 3.8) is 0 Å². The summed E-state index contributed by atoms with van der Waals surface area (Å²) in [5.74, 6) is 0.388. The zero-order chi connectivity index (χ0) is 20.5. The Morgan fingerprint density at radius 1 is 1.24 bits per heavy atom.